The normalized spacial score (nSPS) is 22.1. The third kappa shape index (κ3) is 2.26. The maximum atomic E-state index is 8.75. The van der Waals surface area contributed by atoms with Gasteiger partial charge in [0.15, 0.2) is 0 Å². The van der Waals surface area contributed by atoms with Crippen molar-refractivity contribution in [3.63, 3.8) is 0 Å². The summed E-state index contributed by atoms with van der Waals surface area (Å²) in [5.74, 6) is -0.241. The van der Waals surface area contributed by atoms with Gasteiger partial charge in [-0.05, 0) is 6.92 Å². The second-order valence-corrected chi connectivity index (χ2v) is 2.09. The minimum Gasteiger partial charge on any atom is -0.393 e. The van der Waals surface area contributed by atoms with Gasteiger partial charge in [0.25, 0.3) is 0 Å². The van der Waals surface area contributed by atoms with Crippen LogP contribution in [0.15, 0.2) is 0 Å². The summed E-state index contributed by atoms with van der Waals surface area (Å²) in [6.07, 6.45) is -1.44. The molecule has 0 fully saturated rings. The Labute approximate surface area is 49.1 Å². The van der Waals surface area contributed by atoms with Crippen molar-refractivity contribution >= 4 is 0 Å². The van der Waals surface area contributed by atoms with Gasteiger partial charge in [-0.25, -0.2) is 0 Å². The average Bonchev–Trinajstić information content (AvgIpc) is 1.64. The molecule has 0 amide bonds. The third-order valence-corrected chi connectivity index (χ3v) is 1.30. The summed E-state index contributed by atoms with van der Waals surface area (Å²) in [6, 6.07) is 0. The molecule has 50 valence electrons. The first-order valence-electron chi connectivity index (χ1n) is 2.67. The first-order valence-corrected chi connectivity index (χ1v) is 2.67. The van der Waals surface area contributed by atoms with Crippen molar-refractivity contribution in [2.75, 3.05) is 0 Å². The Morgan fingerprint density at radius 2 is 1.62 bits per heavy atom. The quantitative estimate of drug-likeness (QED) is 0.420. The molecule has 0 aromatic heterocycles. The summed E-state index contributed by atoms with van der Waals surface area (Å²) in [4.78, 5) is 0. The van der Waals surface area contributed by atoms with Gasteiger partial charge in [0, 0.05) is 5.92 Å². The van der Waals surface area contributed by atoms with E-state index in [9.17, 15) is 0 Å². The molecule has 0 bridgehead atoms. The van der Waals surface area contributed by atoms with Crippen LogP contribution in [0.1, 0.15) is 13.8 Å². The molecule has 0 radical (unpaired) electrons. The highest BCUT2D eigenvalue weighted by Gasteiger charge is 2.13. The van der Waals surface area contributed by atoms with E-state index in [1.807, 2.05) is 0 Å². The zero-order valence-corrected chi connectivity index (χ0v) is 5.20. The lowest BCUT2D eigenvalue weighted by molar-refractivity contribution is 0.0354. The second kappa shape index (κ2) is 3.02. The molecule has 0 aliphatic carbocycles. The van der Waals surface area contributed by atoms with Crippen LogP contribution in [0.5, 0.6) is 0 Å². The molecule has 0 aliphatic heterocycles. The maximum absolute atomic E-state index is 8.75. The molecular weight excluding hydrogens is 106 g/mol. The zero-order chi connectivity index (χ0) is 6.73. The van der Waals surface area contributed by atoms with Crippen LogP contribution >= 0.6 is 0 Å². The minimum atomic E-state index is -0.907. The van der Waals surface area contributed by atoms with Crippen LogP contribution in [-0.4, -0.2) is 22.5 Å². The molecule has 0 spiro atoms. The molecule has 0 saturated heterocycles. The maximum Gasteiger partial charge on any atom is 0.107 e. The highest BCUT2D eigenvalue weighted by Crippen LogP contribution is 2.02. The fourth-order valence-corrected chi connectivity index (χ4v) is 0.285. The SMILES string of the molecule is CC(O)C(C)C(N)O. The number of rotatable bonds is 2. The van der Waals surface area contributed by atoms with Gasteiger partial charge in [0.2, 0.25) is 0 Å². The Hall–Kier alpha value is -0.120. The summed E-state index contributed by atoms with van der Waals surface area (Å²) in [7, 11) is 0. The predicted molar refractivity (Wildman–Crippen MR) is 31.0 cm³/mol. The Morgan fingerprint density at radius 1 is 1.25 bits per heavy atom. The van der Waals surface area contributed by atoms with Gasteiger partial charge in [0.1, 0.15) is 6.23 Å². The van der Waals surface area contributed by atoms with Crippen molar-refractivity contribution in [1.82, 2.24) is 0 Å². The predicted octanol–water partition coefficient (Wildman–Crippen LogP) is -0.720. The molecular formula is C5H13NO2. The van der Waals surface area contributed by atoms with E-state index >= 15 is 0 Å². The van der Waals surface area contributed by atoms with Crippen molar-refractivity contribution in [3.8, 4) is 0 Å². The lowest BCUT2D eigenvalue weighted by Crippen LogP contribution is -2.34. The largest absolute Gasteiger partial charge is 0.393 e. The Kier molecular flexibility index (Phi) is 2.97. The Balaban J connectivity index is 3.46. The number of aliphatic hydroxyl groups excluding tert-OH is 2. The highest BCUT2D eigenvalue weighted by atomic mass is 16.3. The molecule has 3 nitrogen and oxygen atoms in total. The van der Waals surface area contributed by atoms with Crippen LogP contribution in [-0.2, 0) is 0 Å². The molecule has 4 N–H and O–H groups in total. The van der Waals surface area contributed by atoms with Crippen LogP contribution < -0.4 is 5.73 Å². The fraction of sp³-hybridized carbons (Fsp3) is 1.00. The summed E-state index contributed by atoms with van der Waals surface area (Å²) in [5, 5.41) is 17.4. The number of aliphatic hydroxyl groups is 2. The van der Waals surface area contributed by atoms with Crippen molar-refractivity contribution < 1.29 is 10.2 Å². The Bertz CT molecular complexity index is 55.4. The lowest BCUT2D eigenvalue weighted by Gasteiger charge is -2.16. The average molecular weight is 119 g/mol. The van der Waals surface area contributed by atoms with Gasteiger partial charge in [-0.2, -0.15) is 0 Å². The van der Waals surface area contributed by atoms with E-state index < -0.39 is 12.3 Å². The fourth-order valence-electron chi connectivity index (χ4n) is 0.285. The zero-order valence-electron chi connectivity index (χ0n) is 5.20. The molecule has 8 heavy (non-hydrogen) atoms. The third-order valence-electron chi connectivity index (χ3n) is 1.30. The molecule has 3 unspecified atom stereocenters. The monoisotopic (exact) mass is 119 g/mol. The van der Waals surface area contributed by atoms with Crippen molar-refractivity contribution in [2.45, 2.75) is 26.2 Å². The number of hydrogen-bond donors (Lipinski definition) is 3. The first-order chi connectivity index (χ1) is 3.55. The Morgan fingerprint density at radius 3 is 1.62 bits per heavy atom. The summed E-state index contributed by atoms with van der Waals surface area (Å²) >= 11 is 0. The van der Waals surface area contributed by atoms with Gasteiger partial charge < -0.3 is 15.9 Å². The van der Waals surface area contributed by atoms with Gasteiger partial charge in [-0.1, -0.05) is 6.92 Å². The van der Waals surface area contributed by atoms with E-state index in [4.69, 9.17) is 15.9 Å². The van der Waals surface area contributed by atoms with Gasteiger partial charge in [-0.3, -0.25) is 0 Å². The second-order valence-electron chi connectivity index (χ2n) is 2.09. The molecule has 3 atom stereocenters. The summed E-state index contributed by atoms with van der Waals surface area (Å²) < 4.78 is 0. The van der Waals surface area contributed by atoms with Crippen molar-refractivity contribution in [3.05, 3.63) is 0 Å². The minimum absolute atomic E-state index is 0.241. The van der Waals surface area contributed by atoms with E-state index in [0.717, 1.165) is 0 Å². The smallest absolute Gasteiger partial charge is 0.107 e. The number of nitrogens with two attached hydrogens (primary N) is 1. The molecule has 3 heteroatoms. The number of hydrogen-bond acceptors (Lipinski definition) is 3. The molecule has 0 aromatic rings. The van der Waals surface area contributed by atoms with E-state index in [0.29, 0.717) is 0 Å². The van der Waals surface area contributed by atoms with E-state index in [2.05, 4.69) is 0 Å². The van der Waals surface area contributed by atoms with Crippen molar-refractivity contribution in [2.24, 2.45) is 11.7 Å². The lowest BCUT2D eigenvalue weighted by atomic mass is 10.1. The topological polar surface area (TPSA) is 66.5 Å². The van der Waals surface area contributed by atoms with E-state index in [1.54, 1.807) is 13.8 Å². The van der Waals surface area contributed by atoms with Crippen LogP contribution in [0.4, 0.5) is 0 Å². The van der Waals surface area contributed by atoms with E-state index in [1.165, 1.54) is 0 Å². The molecule has 0 rings (SSSR count). The molecule has 0 aliphatic rings. The summed E-state index contributed by atoms with van der Waals surface area (Å²) in [6.45, 7) is 3.29. The van der Waals surface area contributed by atoms with Crippen LogP contribution in [0.2, 0.25) is 0 Å². The van der Waals surface area contributed by atoms with Crippen molar-refractivity contribution in [1.29, 1.82) is 0 Å². The van der Waals surface area contributed by atoms with E-state index in [-0.39, 0.29) is 5.92 Å². The van der Waals surface area contributed by atoms with Gasteiger partial charge in [0.05, 0.1) is 6.10 Å². The molecule has 0 heterocycles. The van der Waals surface area contributed by atoms with Gasteiger partial charge in [-0.15, -0.1) is 0 Å². The molecule has 0 saturated carbocycles. The van der Waals surface area contributed by atoms with Gasteiger partial charge >= 0.3 is 0 Å². The summed E-state index contributed by atoms with van der Waals surface area (Å²) in [5.41, 5.74) is 5.03. The van der Waals surface area contributed by atoms with Crippen LogP contribution in [0.3, 0.4) is 0 Å². The highest BCUT2D eigenvalue weighted by molar-refractivity contribution is 4.62. The molecule has 0 aromatic carbocycles. The standard InChI is InChI=1S/C5H13NO2/c1-3(4(2)7)5(6)8/h3-5,7-8H,6H2,1-2H3. The van der Waals surface area contributed by atoms with Crippen LogP contribution in [0.25, 0.3) is 0 Å². The first kappa shape index (κ1) is 7.88. The van der Waals surface area contributed by atoms with Crippen LogP contribution in [0, 0.1) is 5.92 Å².